The molecule has 24 heavy (non-hydrogen) atoms. The van der Waals surface area contributed by atoms with Crippen LogP contribution in [0.25, 0.3) is 17.3 Å². The lowest BCUT2D eigenvalue weighted by Crippen LogP contribution is -2.07. The average molecular weight is 334 g/mol. The van der Waals surface area contributed by atoms with Gasteiger partial charge in [-0.15, -0.1) is 11.3 Å². The molecule has 1 aromatic heterocycles. The highest BCUT2D eigenvalue weighted by atomic mass is 32.1. The second-order valence-corrected chi connectivity index (χ2v) is 6.43. The molecular formula is C20H18N2OS. The Morgan fingerprint density at radius 2 is 1.88 bits per heavy atom. The van der Waals surface area contributed by atoms with Gasteiger partial charge in [-0.05, 0) is 42.7 Å². The molecule has 0 bridgehead atoms. The fourth-order valence-corrected chi connectivity index (χ4v) is 2.97. The molecule has 3 rings (SSSR count). The van der Waals surface area contributed by atoms with Crippen LogP contribution in [-0.2, 0) is 4.79 Å². The third-order valence-corrected chi connectivity index (χ3v) is 4.52. The molecule has 0 aliphatic heterocycles. The highest BCUT2D eigenvalue weighted by Crippen LogP contribution is 2.26. The fraction of sp³-hybridized carbons (Fsp3) is 0.100. The Hall–Kier alpha value is -2.72. The first kappa shape index (κ1) is 16.1. The summed E-state index contributed by atoms with van der Waals surface area (Å²) in [7, 11) is 0. The summed E-state index contributed by atoms with van der Waals surface area (Å²) in [6.45, 7) is 4.17. The van der Waals surface area contributed by atoms with Crippen LogP contribution in [0.2, 0.25) is 0 Å². The molecule has 0 atom stereocenters. The molecule has 3 aromatic rings. The van der Waals surface area contributed by atoms with Crippen LogP contribution in [0.4, 0.5) is 5.13 Å². The first-order chi connectivity index (χ1) is 11.6. The van der Waals surface area contributed by atoms with E-state index < -0.39 is 0 Å². The van der Waals surface area contributed by atoms with Gasteiger partial charge in [-0.1, -0.05) is 42.5 Å². The van der Waals surface area contributed by atoms with E-state index in [1.807, 2.05) is 35.7 Å². The maximum atomic E-state index is 12.0. The van der Waals surface area contributed by atoms with E-state index in [0.29, 0.717) is 5.13 Å². The van der Waals surface area contributed by atoms with Gasteiger partial charge in [-0.25, -0.2) is 4.98 Å². The van der Waals surface area contributed by atoms with Gasteiger partial charge in [-0.3, -0.25) is 10.1 Å². The number of hydrogen-bond acceptors (Lipinski definition) is 3. The molecule has 120 valence electrons. The number of aryl methyl sites for hydroxylation is 2. The summed E-state index contributed by atoms with van der Waals surface area (Å²) in [5, 5.41) is 5.37. The predicted molar refractivity (Wildman–Crippen MR) is 101 cm³/mol. The lowest BCUT2D eigenvalue weighted by atomic mass is 10.1. The minimum atomic E-state index is -0.181. The molecule has 1 amide bonds. The highest BCUT2D eigenvalue weighted by molar-refractivity contribution is 7.14. The van der Waals surface area contributed by atoms with Crippen molar-refractivity contribution in [1.82, 2.24) is 4.98 Å². The van der Waals surface area contributed by atoms with Crippen molar-refractivity contribution < 1.29 is 4.79 Å². The SMILES string of the molecule is Cc1ccc(-c2csc(NC(=O)C=Cc3ccccc3)n2)cc1C. The summed E-state index contributed by atoms with van der Waals surface area (Å²) in [5.74, 6) is -0.181. The summed E-state index contributed by atoms with van der Waals surface area (Å²) in [6, 6.07) is 16.0. The van der Waals surface area contributed by atoms with Crippen molar-refractivity contribution in [3.63, 3.8) is 0 Å². The predicted octanol–water partition coefficient (Wildman–Crippen LogP) is 5.08. The Morgan fingerprint density at radius 1 is 1.08 bits per heavy atom. The van der Waals surface area contributed by atoms with Crippen molar-refractivity contribution in [2.75, 3.05) is 5.32 Å². The highest BCUT2D eigenvalue weighted by Gasteiger charge is 2.07. The number of benzene rings is 2. The molecule has 0 unspecified atom stereocenters. The van der Waals surface area contributed by atoms with Crippen molar-refractivity contribution in [3.05, 3.63) is 76.7 Å². The topological polar surface area (TPSA) is 42.0 Å². The summed E-state index contributed by atoms with van der Waals surface area (Å²) in [6.07, 6.45) is 3.31. The van der Waals surface area contributed by atoms with Crippen LogP contribution in [0.3, 0.4) is 0 Å². The summed E-state index contributed by atoms with van der Waals surface area (Å²) in [5.41, 5.74) is 5.42. The number of aromatic nitrogens is 1. The van der Waals surface area contributed by atoms with E-state index in [0.717, 1.165) is 16.8 Å². The van der Waals surface area contributed by atoms with Crippen LogP contribution in [0, 0.1) is 13.8 Å². The normalized spacial score (nSPS) is 10.9. The maximum absolute atomic E-state index is 12.0. The Kier molecular flexibility index (Phi) is 4.87. The summed E-state index contributed by atoms with van der Waals surface area (Å²) < 4.78 is 0. The van der Waals surface area contributed by atoms with Crippen LogP contribution >= 0.6 is 11.3 Å². The van der Waals surface area contributed by atoms with Gasteiger partial charge in [-0.2, -0.15) is 0 Å². The number of carbonyl (C=O) groups excluding carboxylic acids is 1. The number of amides is 1. The van der Waals surface area contributed by atoms with Crippen molar-refractivity contribution >= 4 is 28.5 Å². The largest absolute Gasteiger partial charge is 0.298 e. The van der Waals surface area contributed by atoms with Gasteiger partial charge in [0.05, 0.1) is 5.69 Å². The van der Waals surface area contributed by atoms with E-state index in [4.69, 9.17) is 0 Å². The van der Waals surface area contributed by atoms with E-state index in [1.165, 1.54) is 28.5 Å². The van der Waals surface area contributed by atoms with E-state index in [-0.39, 0.29) is 5.91 Å². The van der Waals surface area contributed by atoms with E-state index >= 15 is 0 Å². The van der Waals surface area contributed by atoms with Crippen molar-refractivity contribution in [2.45, 2.75) is 13.8 Å². The molecule has 1 N–H and O–H groups in total. The van der Waals surface area contributed by atoms with Crippen LogP contribution < -0.4 is 5.32 Å². The summed E-state index contributed by atoms with van der Waals surface area (Å²) in [4.78, 5) is 16.5. The van der Waals surface area contributed by atoms with Crippen molar-refractivity contribution in [3.8, 4) is 11.3 Å². The first-order valence-electron chi connectivity index (χ1n) is 7.69. The second kappa shape index (κ2) is 7.23. The van der Waals surface area contributed by atoms with Gasteiger partial charge in [0.25, 0.3) is 0 Å². The maximum Gasteiger partial charge on any atom is 0.250 e. The zero-order valence-electron chi connectivity index (χ0n) is 13.6. The van der Waals surface area contributed by atoms with Crippen LogP contribution in [0.5, 0.6) is 0 Å². The van der Waals surface area contributed by atoms with Crippen LogP contribution in [0.1, 0.15) is 16.7 Å². The minimum absolute atomic E-state index is 0.181. The lowest BCUT2D eigenvalue weighted by molar-refractivity contribution is -0.111. The molecular weight excluding hydrogens is 316 g/mol. The van der Waals surface area contributed by atoms with Gasteiger partial charge >= 0.3 is 0 Å². The van der Waals surface area contributed by atoms with Gasteiger partial charge in [0.1, 0.15) is 0 Å². The first-order valence-corrected chi connectivity index (χ1v) is 8.57. The fourth-order valence-electron chi connectivity index (χ4n) is 2.25. The molecule has 0 saturated heterocycles. The number of nitrogens with zero attached hydrogens (tertiary/aromatic N) is 1. The Labute approximate surface area is 145 Å². The number of rotatable bonds is 4. The number of thiazole rings is 1. The molecule has 0 aliphatic rings. The third-order valence-electron chi connectivity index (χ3n) is 3.76. The standard InChI is InChI=1S/C20H18N2OS/c1-14-8-10-17(12-15(14)2)18-13-24-20(21-18)22-19(23)11-9-16-6-4-3-5-7-16/h3-13H,1-2H3,(H,21,22,23). The van der Waals surface area contributed by atoms with Gasteiger partial charge in [0.15, 0.2) is 5.13 Å². The van der Waals surface area contributed by atoms with E-state index in [2.05, 4.69) is 42.3 Å². The molecule has 0 saturated carbocycles. The number of hydrogen-bond donors (Lipinski definition) is 1. The lowest BCUT2D eigenvalue weighted by Gasteiger charge is -2.02. The molecule has 0 fully saturated rings. The zero-order valence-corrected chi connectivity index (χ0v) is 14.4. The number of anilines is 1. The van der Waals surface area contributed by atoms with Crippen LogP contribution in [-0.4, -0.2) is 10.9 Å². The average Bonchev–Trinajstić information content (AvgIpc) is 3.05. The monoisotopic (exact) mass is 334 g/mol. The molecule has 0 radical (unpaired) electrons. The molecule has 4 heteroatoms. The molecule has 1 heterocycles. The molecule has 3 nitrogen and oxygen atoms in total. The summed E-state index contributed by atoms with van der Waals surface area (Å²) >= 11 is 1.43. The molecule has 0 aliphatic carbocycles. The molecule has 0 spiro atoms. The van der Waals surface area contributed by atoms with E-state index in [9.17, 15) is 4.79 Å². The molecule has 2 aromatic carbocycles. The number of carbonyl (C=O) groups is 1. The third kappa shape index (κ3) is 3.97. The van der Waals surface area contributed by atoms with Gasteiger partial charge in [0.2, 0.25) is 5.91 Å². The van der Waals surface area contributed by atoms with Crippen LogP contribution in [0.15, 0.2) is 60.0 Å². The Balaban J connectivity index is 1.68. The van der Waals surface area contributed by atoms with E-state index in [1.54, 1.807) is 6.08 Å². The Bertz CT molecular complexity index is 882. The van der Waals surface area contributed by atoms with Crippen molar-refractivity contribution in [1.29, 1.82) is 0 Å². The smallest absolute Gasteiger partial charge is 0.250 e. The Morgan fingerprint density at radius 3 is 2.62 bits per heavy atom. The minimum Gasteiger partial charge on any atom is -0.298 e. The zero-order chi connectivity index (χ0) is 16.9. The van der Waals surface area contributed by atoms with Gasteiger partial charge < -0.3 is 0 Å². The van der Waals surface area contributed by atoms with Crippen molar-refractivity contribution in [2.24, 2.45) is 0 Å². The van der Waals surface area contributed by atoms with Gasteiger partial charge in [0, 0.05) is 17.0 Å². The quantitative estimate of drug-likeness (QED) is 0.676. The second-order valence-electron chi connectivity index (χ2n) is 5.57. The number of nitrogens with one attached hydrogen (secondary N) is 1.